The standard InChI is InChI=1S/C29H30N2O3/c1-17(2)34-23-11-9-22(10-12-23)30-27-26(24-13-7-18(3)15-20(24)5)28(32)31(29(27)33)25-14-8-19(4)16-21(25)6/h7-17,30H,1-6H3. The van der Waals surface area contributed by atoms with Crippen molar-refractivity contribution in [2.45, 2.75) is 47.6 Å². The van der Waals surface area contributed by atoms with E-state index in [1.807, 2.05) is 102 Å². The normalized spacial score (nSPS) is 13.8. The second-order valence-corrected chi connectivity index (χ2v) is 9.12. The molecule has 1 aliphatic heterocycles. The molecule has 0 saturated heterocycles. The number of nitrogens with one attached hydrogen (secondary N) is 1. The molecule has 5 nitrogen and oxygen atoms in total. The molecule has 5 heteroatoms. The summed E-state index contributed by atoms with van der Waals surface area (Å²) < 4.78 is 5.72. The van der Waals surface area contributed by atoms with E-state index in [2.05, 4.69) is 5.32 Å². The number of imide groups is 1. The van der Waals surface area contributed by atoms with Crippen LogP contribution in [0.1, 0.15) is 41.7 Å². The summed E-state index contributed by atoms with van der Waals surface area (Å²) in [6, 6.07) is 19.0. The van der Waals surface area contributed by atoms with Crippen molar-refractivity contribution in [3.05, 3.63) is 94.2 Å². The average molecular weight is 455 g/mol. The van der Waals surface area contributed by atoms with Crippen LogP contribution in [0.3, 0.4) is 0 Å². The van der Waals surface area contributed by atoms with E-state index in [0.29, 0.717) is 16.9 Å². The number of anilines is 2. The monoisotopic (exact) mass is 454 g/mol. The zero-order valence-corrected chi connectivity index (χ0v) is 20.5. The molecule has 0 atom stereocenters. The molecule has 0 unspecified atom stereocenters. The van der Waals surface area contributed by atoms with Crippen molar-refractivity contribution < 1.29 is 14.3 Å². The number of carbonyl (C=O) groups is 2. The molecule has 4 rings (SSSR count). The number of carbonyl (C=O) groups excluding carboxylic acids is 2. The first-order valence-corrected chi connectivity index (χ1v) is 11.5. The summed E-state index contributed by atoms with van der Waals surface area (Å²) in [7, 11) is 0. The van der Waals surface area contributed by atoms with Crippen molar-refractivity contribution in [2.75, 3.05) is 10.2 Å². The topological polar surface area (TPSA) is 58.6 Å². The fourth-order valence-electron chi connectivity index (χ4n) is 4.30. The fraction of sp³-hybridized carbons (Fsp3) is 0.241. The lowest BCUT2D eigenvalue weighted by molar-refractivity contribution is -0.120. The summed E-state index contributed by atoms with van der Waals surface area (Å²) in [4.78, 5) is 28.7. The molecule has 1 aliphatic rings. The van der Waals surface area contributed by atoms with E-state index in [1.54, 1.807) is 0 Å². The summed E-state index contributed by atoms with van der Waals surface area (Å²) in [5.74, 6) is 0.0514. The van der Waals surface area contributed by atoms with E-state index in [9.17, 15) is 9.59 Å². The van der Waals surface area contributed by atoms with Gasteiger partial charge in [0.05, 0.1) is 17.4 Å². The molecule has 2 amide bonds. The Morgan fingerprint density at radius 1 is 0.765 bits per heavy atom. The maximum absolute atomic E-state index is 13.8. The van der Waals surface area contributed by atoms with Gasteiger partial charge in [-0.1, -0.05) is 41.5 Å². The molecule has 0 saturated carbocycles. The molecule has 1 N–H and O–H groups in total. The highest BCUT2D eigenvalue weighted by atomic mass is 16.5. The van der Waals surface area contributed by atoms with Gasteiger partial charge in [0.1, 0.15) is 11.4 Å². The van der Waals surface area contributed by atoms with E-state index >= 15 is 0 Å². The zero-order chi connectivity index (χ0) is 24.6. The second kappa shape index (κ2) is 9.18. The molecule has 0 bridgehead atoms. The molecule has 0 aromatic heterocycles. The third kappa shape index (κ3) is 4.46. The lowest BCUT2D eigenvalue weighted by Crippen LogP contribution is -2.33. The maximum atomic E-state index is 13.8. The van der Waals surface area contributed by atoms with E-state index in [0.717, 1.165) is 33.6 Å². The molecule has 1 heterocycles. The number of ether oxygens (including phenoxy) is 1. The van der Waals surface area contributed by atoms with Gasteiger partial charge >= 0.3 is 0 Å². The Kier molecular flexibility index (Phi) is 6.29. The molecular formula is C29H30N2O3. The van der Waals surface area contributed by atoms with Crippen LogP contribution in [0.2, 0.25) is 0 Å². The Hall–Kier alpha value is -3.86. The van der Waals surface area contributed by atoms with Crippen LogP contribution < -0.4 is 15.0 Å². The van der Waals surface area contributed by atoms with Crippen LogP contribution >= 0.6 is 0 Å². The van der Waals surface area contributed by atoms with Crippen LogP contribution in [0.4, 0.5) is 11.4 Å². The number of amides is 2. The molecule has 34 heavy (non-hydrogen) atoms. The Labute approximate surface area is 201 Å². The van der Waals surface area contributed by atoms with E-state index in [1.165, 1.54) is 4.90 Å². The van der Waals surface area contributed by atoms with E-state index < -0.39 is 0 Å². The largest absolute Gasteiger partial charge is 0.491 e. The highest BCUT2D eigenvalue weighted by molar-refractivity contribution is 6.46. The van der Waals surface area contributed by atoms with Crippen LogP contribution in [-0.4, -0.2) is 17.9 Å². The van der Waals surface area contributed by atoms with Gasteiger partial charge in [0.25, 0.3) is 11.8 Å². The van der Waals surface area contributed by atoms with Crippen LogP contribution in [0, 0.1) is 27.7 Å². The lowest BCUT2D eigenvalue weighted by atomic mass is 9.97. The molecule has 3 aromatic carbocycles. The predicted molar refractivity (Wildman–Crippen MR) is 137 cm³/mol. The fourth-order valence-corrected chi connectivity index (χ4v) is 4.30. The second-order valence-electron chi connectivity index (χ2n) is 9.12. The highest BCUT2D eigenvalue weighted by Gasteiger charge is 2.41. The summed E-state index contributed by atoms with van der Waals surface area (Å²) >= 11 is 0. The van der Waals surface area contributed by atoms with Gasteiger partial charge in [-0.3, -0.25) is 9.59 Å². The van der Waals surface area contributed by atoms with Crippen molar-refractivity contribution in [3.8, 4) is 5.75 Å². The van der Waals surface area contributed by atoms with Crippen molar-refractivity contribution in [2.24, 2.45) is 0 Å². The third-order valence-electron chi connectivity index (χ3n) is 5.82. The quantitative estimate of drug-likeness (QED) is 0.457. The van der Waals surface area contributed by atoms with Gasteiger partial charge in [-0.15, -0.1) is 0 Å². The number of hydrogen-bond donors (Lipinski definition) is 1. The number of rotatable bonds is 6. The minimum atomic E-state index is -0.366. The van der Waals surface area contributed by atoms with Crippen molar-refractivity contribution in [3.63, 3.8) is 0 Å². The first-order valence-electron chi connectivity index (χ1n) is 11.5. The third-order valence-corrected chi connectivity index (χ3v) is 5.82. The number of aryl methyl sites for hydroxylation is 4. The predicted octanol–water partition coefficient (Wildman–Crippen LogP) is 6.10. The SMILES string of the molecule is Cc1ccc(C2=C(Nc3ccc(OC(C)C)cc3)C(=O)N(c3ccc(C)cc3C)C2=O)c(C)c1. The first-order chi connectivity index (χ1) is 16.2. The first kappa shape index (κ1) is 23.3. The minimum absolute atomic E-state index is 0.0676. The summed E-state index contributed by atoms with van der Waals surface area (Å²) in [5, 5.41) is 3.23. The summed E-state index contributed by atoms with van der Waals surface area (Å²) in [6.45, 7) is 11.8. The maximum Gasteiger partial charge on any atom is 0.282 e. The van der Waals surface area contributed by atoms with Crippen LogP contribution in [-0.2, 0) is 9.59 Å². The van der Waals surface area contributed by atoms with Gasteiger partial charge in [0, 0.05) is 5.69 Å². The van der Waals surface area contributed by atoms with Gasteiger partial charge in [-0.25, -0.2) is 4.90 Å². The lowest BCUT2D eigenvalue weighted by Gasteiger charge is -2.18. The Morgan fingerprint density at radius 3 is 1.97 bits per heavy atom. The average Bonchev–Trinajstić information content (AvgIpc) is 2.99. The van der Waals surface area contributed by atoms with E-state index in [-0.39, 0.29) is 23.6 Å². The van der Waals surface area contributed by atoms with Gasteiger partial charge < -0.3 is 10.1 Å². The molecule has 0 radical (unpaired) electrons. The van der Waals surface area contributed by atoms with Crippen LogP contribution in [0.25, 0.3) is 5.57 Å². The van der Waals surface area contributed by atoms with Gasteiger partial charge in [0.2, 0.25) is 0 Å². The van der Waals surface area contributed by atoms with Crippen LogP contribution in [0.5, 0.6) is 5.75 Å². The number of hydrogen-bond acceptors (Lipinski definition) is 4. The Balaban J connectivity index is 1.80. The molecule has 0 fully saturated rings. The molecule has 0 spiro atoms. The Bertz CT molecular complexity index is 1300. The number of nitrogens with zero attached hydrogens (tertiary/aromatic N) is 1. The summed E-state index contributed by atoms with van der Waals surface area (Å²) in [5.41, 5.74) is 6.69. The summed E-state index contributed by atoms with van der Waals surface area (Å²) in [6.07, 6.45) is 0.0676. The minimum Gasteiger partial charge on any atom is -0.491 e. The van der Waals surface area contributed by atoms with Crippen molar-refractivity contribution in [1.82, 2.24) is 0 Å². The Morgan fingerprint density at radius 2 is 1.38 bits per heavy atom. The number of benzene rings is 3. The van der Waals surface area contributed by atoms with Gasteiger partial charge in [0.15, 0.2) is 0 Å². The van der Waals surface area contributed by atoms with Gasteiger partial charge in [-0.05, 0) is 88.6 Å². The molecular weight excluding hydrogens is 424 g/mol. The van der Waals surface area contributed by atoms with Crippen molar-refractivity contribution >= 4 is 28.8 Å². The highest BCUT2D eigenvalue weighted by Crippen LogP contribution is 2.36. The van der Waals surface area contributed by atoms with Crippen molar-refractivity contribution in [1.29, 1.82) is 0 Å². The molecule has 3 aromatic rings. The van der Waals surface area contributed by atoms with Gasteiger partial charge in [-0.2, -0.15) is 0 Å². The zero-order valence-electron chi connectivity index (χ0n) is 20.5. The smallest absolute Gasteiger partial charge is 0.282 e. The molecule has 0 aliphatic carbocycles. The van der Waals surface area contributed by atoms with Crippen LogP contribution in [0.15, 0.2) is 66.4 Å². The molecule has 174 valence electrons. The van der Waals surface area contributed by atoms with E-state index in [4.69, 9.17) is 4.74 Å².